The maximum atomic E-state index is 8.79. The average molecular weight is 235 g/mol. The Hall–Kier alpha value is -0.590. The lowest BCUT2D eigenvalue weighted by atomic mass is 10.0. The third-order valence-electron chi connectivity index (χ3n) is 4.30. The minimum absolute atomic E-state index is 0.356. The SMILES string of the molecule is CCCN1CCC(NCC2(CC#N)CC2)CC1. The smallest absolute Gasteiger partial charge is 0.0628 e. The van der Waals surface area contributed by atoms with Crippen molar-refractivity contribution in [3.05, 3.63) is 0 Å². The first-order valence-corrected chi connectivity index (χ1v) is 7.11. The van der Waals surface area contributed by atoms with Gasteiger partial charge in [0, 0.05) is 19.0 Å². The molecule has 1 N–H and O–H groups in total. The molecule has 2 rings (SSSR count). The molecule has 2 aliphatic rings. The summed E-state index contributed by atoms with van der Waals surface area (Å²) in [5.41, 5.74) is 0.356. The summed E-state index contributed by atoms with van der Waals surface area (Å²) < 4.78 is 0. The van der Waals surface area contributed by atoms with Crippen molar-refractivity contribution in [1.82, 2.24) is 10.2 Å². The summed E-state index contributed by atoms with van der Waals surface area (Å²) in [4.78, 5) is 2.57. The van der Waals surface area contributed by atoms with Gasteiger partial charge in [-0.1, -0.05) is 6.92 Å². The first-order chi connectivity index (χ1) is 8.28. The second-order valence-electron chi connectivity index (χ2n) is 5.83. The van der Waals surface area contributed by atoms with Crippen LogP contribution in [-0.4, -0.2) is 37.1 Å². The highest BCUT2D eigenvalue weighted by Crippen LogP contribution is 2.48. The Labute approximate surface area is 105 Å². The van der Waals surface area contributed by atoms with E-state index in [1.54, 1.807) is 0 Å². The molecule has 0 aromatic heterocycles. The number of nitrogens with one attached hydrogen (secondary N) is 1. The molecule has 3 nitrogen and oxygen atoms in total. The molecular weight excluding hydrogens is 210 g/mol. The van der Waals surface area contributed by atoms with Crippen LogP contribution in [0, 0.1) is 16.7 Å². The van der Waals surface area contributed by atoms with Gasteiger partial charge in [0.25, 0.3) is 0 Å². The van der Waals surface area contributed by atoms with E-state index in [0.717, 1.165) is 13.0 Å². The largest absolute Gasteiger partial charge is 0.313 e. The van der Waals surface area contributed by atoms with Gasteiger partial charge in [-0.25, -0.2) is 0 Å². The van der Waals surface area contributed by atoms with Gasteiger partial charge >= 0.3 is 0 Å². The number of likely N-dealkylation sites (tertiary alicyclic amines) is 1. The average Bonchev–Trinajstić information content (AvgIpc) is 3.10. The summed E-state index contributed by atoms with van der Waals surface area (Å²) in [5, 5.41) is 12.5. The van der Waals surface area contributed by atoms with Crippen LogP contribution in [0.25, 0.3) is 0 Å². The third kappa shape index (κ3) is 3.69. The van der Waals surface area contributed by atoms with Crippen LogP contribution in [0.2, 0.25) is 0 Å². The number of nitriles is 1. The van der Waals surface area contributed by atoms with Crippen molar-refractivity contribution in [2.24, 2.45) is 5.41 Å². The quantitative estimate of drug-likeness (QED) is 0.766. The lowest BCUT2D eigenvalue weighted by molar-refractivity contribution is 0.194. The number of hydrogen-bond acceptors (Lipinski definition) is 3. The van der Waals surface area contributed by atoms with Gasteiger partial charge in [0.05, 0.1) is 6.07 Å². The first kappa shape index (κ1) is 12.9. The Bertz CT molecular complexity index is 270. The maximum absolute atomic E-state index is 8.79. The molecule has 1 heterocycles. The van der Waals surface area contributed by atoms with Crippen LogP contribution in [0.15, 0.2) is 0 Å². The lowest BCUT2D eigenvalue weighted by Crippen LogP contribution is -2.44. The van der Waals surface area contributed by atoms with Gasteiger partial charge in [0.15, 0.2) is 0 Å². The Kier molecular flexibility index (Phi) is 4.42. The van der Waals surface area contributed by atoms with Crippen molar-refractivity contribution in [1.29, 1.82) is 5.26 Å². The van der Waals surface area contributed by atoms with Gasteiger partial charge in [-0.05, 0) is 57.2 Å². The summed E-state index contributed by atoms with van der Waals surface area (Å²) in [6.45, 7) is 7.07. The molecule has 1 aliphatic carbocycles. The molecule has 0 atom stereocenters. The molecule has 17 heavy (non-hydrogen) atoms. The Morgan fingerprint density at radius 2 is 2.06 bits per heavy atom. The first-order valence-electron chi connectivity index (χ1n) is 7.11. The van der Waals surface area contributed by atoms with Crippen molar-refractivity contribution in [2.45, 2.75) is 51.5 Å². The molecule has 0 amide bonds. The van der Waals surface area contributed by atoms with Crippen LogP contribution < -0.4 is 5.32 Å². The normalized spacial score (nSPS) is 24.5. The predicted molar refractivity (Wildman–Crippen MR) is 69.7 cm³/mol. The predicted octanol–water partition coefficient (Wildman–Crippen LogP) is 2.14. The van der Waals surface area contributed by atoms with Gasteiger partial charge in [-0.3, -0.25) is 0 Å². The number of hydrogen-bond donors (Lipinski definition) is 1. The second kappa shape index (κ2) is 5.84. The Balaban J connectivity index is 1.64. The van der Waals surface area contributed by atoms with E-state index in [1.807, 2.05) is 0 Å². The molecule has 96 valence electrons. The van der Waals surface area contributed by atoms with E-state index >= 15 is 0 Å². The van der Waals surface area contributed by atoms with E-state index in [4.69, 9.17) is 5.26 Å². The maximum Gasteiger partial charge on any atom is 0.0628 e. The van der Waals surface area contributed by atoms with E-state index in [9.17, 15) is 0 Å². The van der Waals surface area contributed by atoms with Crippen molar-refractivity contribution < 1.29 is 0 Å². The van der Waals surface area contributed by atoms with Gasteiger partial charge in [0.1, 0.15) is 0 Å². The Morgan fingerprint density at radius 1 is 1.35 bits per heavy atom. The fraction of sp³-hybridized carbons (Fsp3) is 0.929. The van der Waals surface area contributed by atoms with Gasteiger partial charge < -0.3 is 10.2 Å². The van der Waals surface area contributed by atoms with E-state index in [-0.39, 0.29) is 0 Å². The lowest BCUT2D eigenvalue weighted by Gasteiger charge is -2.33. The van der Waals surface area contributed by atoms with Gasteiger partial charge in [-0.2, -0.15) is 5.26 Å². The van der Waals surface area contributed by atoms with Crippen LogP contribution in [0.1, 0.15) is 45.4 Å². The monoisotopic (exact) mass is 235 g/mol. The third-order valence-corrected chi connectivity index (χ3v) is 4.30. The molecule has 3 heteroatoms. The van der Waals surface area contributed by atoms with E-state index in [0.29, 0.717) is 11.5 Å². The van der Waals surface area contributed by atoms with Crippen molar-refractivity contribution >= 4 is 0 Å². The molecule has 0 aromatic carbocycles. The zero-order valence-corrected chi connectivity index (χ0v) is 11.0. The molecule has 2 fully saturated rings. The number of piperidine rings is 1. The molecule has 0 bridgehead atoms. The Morgan fingerprint density at radius 3 is 2.59 bits per heavy atom. The molecule has 0 unspecified atom stereocenters. The van der Waals surface area contributed by atoms with E-state index < -0.39 is 0 Å². The fourth-order valence-electron chi connectivity index (χ4n) is 2.80. The zero-order valence-electron chi connectivity index (χ0n) is 11.0. The summed E-state index contributed by atoms with van der Waals surface area (Å²) >= 11 is 0. The molecule has 0 spiro atoms. The van der Waals surface area contributed by atoms with Crippen LogP contribution in [0.4, 0.5) is 0 Å². The van der Waals surface area contributed by atoms with E-state index in [1.165, 1.54) is 51.7 Å². The van der Waals surface area contributed by atoms with Crippen molar-refractivity contribution in [2.75, 3.05) is 26.2 Å². The molecular formula is C14H25N3. The topological polar surface area (TPSA) is 39.1 Å². The van der Waals surface area contributed by atoms with Crippen molar-refractivity contribution in [3.63, 3.8) is 0 Å². The minimum Gasteiger partial charge on any atom is -0.313 e. The number of rotatable bonds is 6. The zero-order chi connectivity index (χ0) is 12.1. The van der Waals surface area contributed by atoms with Crippen molar-refractivity contribution in [3.8, 4) is 6.07 Å². The molecule has 1 saturated heterocycles. The highest BCUT2D eigenvalue weighted by atomic mass is 15.1. The highest BCUT2D eigenvalue weighted by Gasteiger charge is 2.42. The minimum atomic E-state index is 0.356. The standard InChI is InChI=1S/C14H25N3/c1-2-9-17-10-3-13(4-11-17)16-12-14(5-6-14)7-8-15/h13,16H,2-7,9-12H2,1H3. The molecule has 1 saturated carbocycles. The molecule has 1 aliphatic heterocycles. The fourth-order valence-corrected chi connectivity index (χ4v) is 2.80. The summed E-state index contributed by atoms with van der Waals surface area (Å²) in [6, 6.07) is 3.03. The van der Waals surface area contributed by atoms with Gasteiger partial charge in [-0.15, -0.1) is 0 Å². The molecule has 0 aromatic rings. The summed E-state index contributed by atoms with van der Waals surface area (Å²) in [6.07, 6.45) is 7.08. The summed E-state index contributed by atoms with van der Waals surface area (Å²) in [5.74, 6) is 0. The van der Waals surface area contributed by atoms with Crippen LogP contribution in [-0.2, 0) is 0 Å². The second-order valence-corrected chi connectivity index (χ2v) is 5.83. The van der Waals surface area contributed by atoms with E-state index in [2.05, 4.69) is 23.2 Å². The van der Waals surface area contributed by atoms with Gasteiger partial charge in [0.2, 0.25) is 0 Å². The molecule has 0 radical (unpaired) electrons. The van der Waals surface area contributed by atoms with Crippen LogP contribution in [0.3, 0.4) is 0 Å². The van der Waals surface area contributed by atoms with Crippen LogP contribution >= 0.6 is 0 Å². The number of nitrogens with zero attached hydrogens (tertiary/aromatic N) is 2. The summed E-state index contributed by atoms with van der Waals surface area (Å²) in [7, 11) is 0. The highest BCUT2D eigenvalue weighted by molar-refractivity contribution is 5.01. The van der Waals surface area contributed by atoms with Crippen LogP contribution in [0.5, 0.6) is 0 Å².